The van der Waals surface area contributed by atoms with Crippen LogP contribution in [0.25, 0.3) is 3.59 Å². The summed E-state index contributed by atoms with van der Waals surface area (Å²) in [6, 6.07) is 11.0. The van der Waals surface area contributed by atoms with Crippen LogP contribution in [0.2, 0.25) is 13.3 Å². The molecular formula is C22H36OSn. The van der Waals surface area contributed by atoms with Crippen LogP contribution in [0.5, 0.6) is 0 Å². The number of unbranched alkanes of at least 4 members (excludes halogenated alkanes) is 3. The van der Waals surface area contributed by atoms with E-state index in [0.29, 0.717) is 0 Å². The third-order valence-electron chi connectivity index (χ3n) is 4.94. The summed E-state index contributed by atoms with van der Waals surface area (Å²) in [6.07, 6.45) is 9.79. The van der Waals surface area contributed by atoms with Gasteiger partial charge in [0.1, 0.15) is 0 Å². The number of hydrogen-bond donors (Lipinski definition) is 0. The van der Waals surface area contributed by atoms with Crippen LogP contribution in [0.4, 0.5) is 0 Å². The molecule has 134 valence electrons. The van der Waals surface area contributed by atoms with Crippen molar-refractivity contribution in [2.45, 2.75) is 72.6 Å². The van der Waals surface area contributed by atoms with Crippen LogP contribution >= 0.6 is 0 Å². The molecule has 0 atom stereocenters. The van der Waals surface area contributed by atoms with Gasteiger partial charge in [0, 0.05) is 0 Å². The Balaban J connectivity index is 3.37. The Hall–Kier alpha value is -0.661. The quantitative estimate of drug-likeness (QED) is 0.191. The van der Waals surface area contributed by atoms with Gasteiger partial charge in [-0.05, 0) is 0 Å². The zero-order chi connectivity index (χ0) is 17.7. The molecule has 0 unspecified atom stereocenters. The normalized spacial score (nSPS) is 11.0. The van der Waals surface area contributed by atoms with Gasteiger partial charge in [-0.1, -0.05) is 0 Å². The van der Waals surface area contributed by atoms with Crippen molar-refractivity contribution in [1.29, 1.82) is 0 Å². The first-order valence-corrected chi connectivity index (χ1v) is 17.3. The summed E-state index contributed by atoms with van der Waals surface area (Å²) in [4.78, 5) is 0. The molecule has 0 amide bonds. The number of ether oxygens (including phenoxy) is 1. The maximum absolute atomic E-state index is 5.28. The van der Waals surface area contributed by atoms with Crippen LogP contribution in [0, 0.1) is 0 Å². The molecule has 0 aliphatic heterocycles. The number of methoxy groups -OCH3 is 1. The van der Waals surface area contributed by atoms with Gasteiger partial charge < -0.3 is 0 Å². The number of hydrogen-bond acceptors (Lipinski definition) is 1. The second kappa shape index (κ2) is 12.7. The predicted octanol–water partition coefficient (Wildman–Crippen LogP) is 7.22. The van der Waals surface area contributed by atoms with E-state index in [0.717, 1.165) is 0 Å². The van der Waals surface area contributed by atoms with Gasteiger partial charge in [0.15, 0.2) is 0 Å². The average molecular weight is 435 g/mol. The average Bonchev–Trinajstić information content (AvgIpc) is 2.63. The third kappa shape index (κ3) is 6.68. The maximum atomic E-state index is 5.28. The van der Waals surface area contributed by atoms with E-state index in [2.05, 4.69) is 56.8 Å². The first-order valence-electron chi connectivity index (χ1n) is 9.78. The molecule has 0 heterocycles. The van der Waals surface area contributed by atoms with Gasteiger partial charge in [-0.15, -0.1) is 0 Å². The topological polar surface area (TPSA) is 9.23 Å². The molecule has 0 aliphatic rings. The van der Waals surface area contributed by atoms with Crippen molar-refractivity contribution in [1.82, 2.24) is 0 Å². The van der Waals surface area contributed by atoms with Crippen molar-refractivity contribution in [2.24, 2.45) is 0 Å². The molecule has 1 rings (SSSR count). The Morgan fingerprint density at radius 1 is 0.917 bits per heavy atom. The molecule has 1 nitrogen and oxygen atoms in total. The first-order chi connectivity index (χ1) is 11.7. The van der Waals surface area contributed by atoms with Crippen molar-refractivity contribution >= 4 is 22.0 Å². The van der Waals surface area contributed by atoms with Gasteiger partial charge >= 0.3 is 154 Å². The first kappa shape index (κ1) is 21.4. The van der Waals surface area contributed by atoms with Crippen LogP contribution in [-0.4, -0.2) is 25.5 Å². The Morgan fingerprint density at radius 3 is 1.83 bits per heavy atom. The van der Waals surface area contributed by atoms with Gasteiger partial charge in [-0.2, -0.15) is 0 Å². The van der Waals surface area contributed by atoms with Gasteiger partial charge in [0.05, 0.1) is 0 Å². The molecule has 0 fully saturated rings. The van der Waals surface area contributed by atoms with Crippen LogP contribution in [0.3, 0.4) is 0 Å². The van der Waals surface area contributed by atoms with E-state index >= 15 is 0 Å². The Bertz CT molecular complexity index is 478. The fraction of sp³-hybridized carbons (Fsp3) is 0.591. The fourth-order valence-corrected chi connectivity index (χ4v) is 19.9. The fourth-order valence-electron chi connectivity index (χ4n) is 3.56. The van der Waals surface area contributed by atoms with E-state index in [9.17, 15) is 0 Å². The minimum absolute atomic E-state index is 1.30. The molecule has 1 aromatic carbocycles. The second-order valence-corrected chi connectivity index (χ2v) is 19.8. The summed E-state index contributed by atoms with van der Waals surface area (Å²) in [6.45, 7) is 6.98. The summed E-state index contributed by atoms with van der Waals surface area (Å²) >= 11 is -2.49. The molecule has 0 N–H and O–H groups in total. The molecular weight excluding hydrogens is 399 g/mol. The summed E-state index contributed by atoms with van der Waals surface area (Å²) < 4.78 is 11.2. The zero-order valence-electron chi connectivity index (χ0n) is 16.2. The molecule has 0 saturated heterocycles. The summed E-state index contributed by atoms with van der Waals surface area (Å²) in [5.74, 6) is 0. The zero-order valence-corrected chi connectivity index (χ0v) is 19.1. The van der Waals surface area contributed by atoms with E-state index < -0.39 is 18.4 Å². The monoisotopic (exact) mass is 436 g/mol. The van der Waals surface area contributed by atoms with Crippen molar-refractivity contribution in [3.8, 4) is 0 Å². The van der Waals surface area contributed by atoms with E-state index in [4.69, 9.17) is 4.74 Å². The Kier molecular flexibility index (Phi) is 11.3. The van der Waals surface area contributed by atoms with Crippen molar-refractivity contribution < 1.29 is 4.74 Å². The number of benzene rings is 1. The summed E-state index contributed by atoms with van der Waals surface area (Å²) in [5, 5.41) is 0. The van der Waals surface area contributed by atoms with Gasteiger partial charge in [0.25, 0.3) is 0 Å². The van der Waals surface area contributed by atoms with Crippen LogP contribution < -0.4 is 0 Å². The minimum atomic E-state index is -2.49. The van der Waals surface area contributed by atoms with Gasteiger partial charge in [-0.3, -0.25) is 0 Å². The Morgan fingerprint density at radius 2 is 1.42 bits per heavy atom. The third-order valence-corrected chi connectivity index (χ3v) is 20.4. The number of rotatable bonds is 12. The molecule has 0 spiro atoms. The molecule has 0 saturated carbocycles. The van der Waals surface area contributed by atoms with Gasteiger partial charge in [0.2, 0.25) is 0 Å². The van der Waals surface area contributed by atoms with Gasteiger partial charge in [-0.25, -0.2) is 0 Å². The van der Waals surface area contributed by atoms with Crippen LogP contribution in [0.1, 0.15) is 64.9 Å². The molecule has 0 radical (unpaired) electrons. The predicted molar refractivity (Wildman–Crippen MR) is 110 cm³/mol. The van der Waals surface area contributed by atoms with Crippen LogP contribution in [-0.2, 0) is 4.74 Å². The van der Waals surface area contributed by atoms with E-state index in [-0.39, 0.29) is 0 Å². The molecule has 0 aromatic heterocycles. The standard InChI is InChI=1S/C10H9O.3C4H9.Sn/c1-11-9-5-8-10-6-3-2-4-7-10;3*1-3-4-2;/h2-4,6-7,9H,1H3;3*1,3-4H2,2H3;. The van der Waals surface area contributed by atoms with E-state index in [1.165, 1.54) is 57.4 Å². The summed E-state index contributed by atoms with van der Waals surface area (Å²) in [5.41, 5.74) is 5.01. The molecule has 0 bridgehead atoms. The molecule has 24 heavy (non-hydrogen) atoms. The molecule has 1 aromatic rings. The SMILES string of the molecule is CCC[CH2][Sn]([CH2]CCC)([CH2]CCC)[C](=C=COC)c1ccccc1. The second-order valence-electron chi connectivity index (χ2n) is 6.83. The van der Waals surface area contributed by atoms with E-state index in [1.807, 2.05) is 0 Å². The van der Waals surface area contributed by atoms with E-state index in [1.54, 1.807) is 17.0 Å². The van der Waals surface area contributed by atoms with Crippen molar-refractivity contribution in [3.63, 3.8) is 0 Å². The molecule has 0 aliphatic carbocycles. The molecule has 2 heteroatoms. The summed E-state index contributed by atoms with van der Waals surface area (Å²) in [7, 11) is 1.73. The van der Waals surface area contributed by atoms with Crippen molar-refractivity contribution in [3.05, 3.63) is 47.9 Å². The van der Waals surface area contributed by atoms with Crippen molar-refractivity contribution in [2.75, 3.05) is 7.11 Å². The van der Waals surface area contributed by atoms with Crippen LogP contribution in [0.15, 0.2) is 42.3 Å². The Labute approximate surface area is 154 Å².